The zero-order valence-corrected chi connectivity index (χ0v) is 11.8. The Bertz CT molecular complexity index is 693. The molecule has 3 nitrogen and oxygen atoms in total. The van der Waals surface area contributed by atoms with Gasteiger partial charge in [-0.3, -0.25) is 4.79 Å². The van der Waals surface area contributed by atoms with Gasteiger partial charge in [0.25, 0.3) is 0 Å². The van der Waals surface area contributed by atoms with Gasteiger partial charge in [-0.15, -0.1) is 0 Å². The average Bonchev–Trinajstić information content (AvgIpc) is 2.45. The minimum absolute atomic E-state index is 0.206. The van der Waals surface area contributed by atoms with Crippen molar-refractivity contribution in [2.75, 3.05) is 0 Å². The number of hydrogen-bond acceptors (Lipinski definition) is 3. The molecule has 0 aliphatic heterocycles. The van der Waals surface area contributed by atoms with Crippen LogP contribution in [0.1, 0.15) is 21.5 Å². The molecule has 0 bridgehead atoms. The molecule has 0 saturated heterocycles. The number of ether oxygens (including phenoxy) is 1. The lowest BCUT2D eigenvalue weighted by Gasteiger charge is -2.11. The summed E-state index contributed by atoms with van der Waals surface area (Å²) in [6.07, 6.45) is 0.638. The molecule has 2 rings (SSSR count). The molecule has 2 aromatic rings. The van der Waals surface area contributed by atoms with Crippen molar-refractivity contribution >= 4 is 29.5 Å². The highest BCUT2D eigenvalue weighted by Crippen LogP contribution is 2.32. The Morgan fingerprint density at radius 3 is 2.75 bits per heavy atom. The van der Waals surface area contributed by atoms with Crippen molar-refractivity contribution < 1.29 is 9.53 Å². The maximum Gasteiger partial charge on any atom is 0.153 e. The fourth-order valence-electron chi connectivity index (χ4n) is 1.71. The number of hydrogen-bond donors (Lipinski definition) is 0. The summed E-state index contributed by atoms with van der Waals surface area (Å²) in [5.41, 5.74) is 1.65. The highest BCUT2D eigenvalue weighted by Gasteiger charge is 2.10. The Labute approximate surface area is 126 Å². The monoisotopic (exact) mass is 305 g/mol. The summed E-state index contributed by atoms with van der Waals surface area (Å²) in [4.78, 5) is 11.0. The van der Waals surface area contributed by atoms with Gasteiger partial charge in [0.2, 0.25) is 0 Å². The van der Waals surface area contributed by atoms with E-state index in [4.69, 9.17) is 33.2 Å². The zero-order chi connectivity index (χ0) is 14.5. The van der Waals surface area contributed by atoms with Gasteiger partial charge in [0.05, 0.1) is 22.2 Å². The minimum Gasteiger partial charge on any atom is -0.487 e. The second-order valence-corrected chi connectivity index (χ2v) is 4.87. The van der Waals surface area contributed by atoms with Crippen LogP contribution in [-0.2, 0) is 6.61 Å². The molecule has 0 saturated carbocycles. The average molecular weight is 306 g/mol. The number of carbonyl (C=O) groups excluding carboxylic acids is 1. The predicted molar refractivity (Wildman–Crippen MR) is 77.3 cm³/mol. The summed E-state index contributed by atoms with van der Waals surface area (Å²) in [5.74, 6) is 0.286. The Morgan fingerprint density at radius 1 is 1.25 bits per heavy atom. The van der Waals surface area contributed by atoms with Crippen molar-refractivity contribution in [3.8, 4) is 11.8 Å². The first-order valence-corrected chi connectivity index (χ1v) is 6.45. The van der Waals surface area contributed by atoms with Gasteiger partial charge in [-0.25, -0.2) is 0 Å². The summed E-state index contributed by atoms with van der Waals surface area (Å²) in [5, 5.41) is 9.48. The van der Waals surface area contributed by atoms with E-state index in [2.05, 4.69) is 6.07 Å². The van der Waals surface area contributed by atoms with Crippen LogP contribution in [0.2, 0.25) is 10.0 Å². The van der Waals surface area contributed by atoms with E-state index in [9.17, 15) is 4.79 Å². The number of nitriles is 1. The number of halogens is 2. The first-order chi connectivity index (χ1) is 9.63. The van der Waals surface area contributed by atoms with Crippen LogP contribution in [0.3, 0.4) is 0 Å². The molecule has 0 unspecified atom stereocenters. The van der Waals surface area contributed by atoms with Crippen molar-refractivity contribution in [2.45, 2.75) is 6.61 Å². The van der Waals surface area contributed by atoms with E-state index in [0.717, 1.165) is 5.56 Å². The Kier molecular flexibility index (Phi) is 4.62. The molecular formula is C15H9Cl2NO2. The van der Waals surface area contributed by atoms with E-state index in [-0.39, 0.29) is 17.4 Å². The van der Waals surface area contributed by atoms with E-state index in [1.807, 2.05) is 6.07 Å². The molecule has 5 heteroatoms. The Morgan fingerprint density at radius 2 is 2.05 bits per heavy atom. The number of carbonyl (C=O) groups is 1. The summed E-state index contributed by atoms with van der Waals surface area (Å²) >= 11 is 11.8. The summed E-state index contributed by atoms with van der Waals surface area (Å²) in [7, 11) is 0. The topological polar surface area (TPSA) is 50.1 Å². The van der Waals surface area contributed by atoms with Gasteiger partial charge >= 0.3 is 0 Å². The maximum atomic E-state index is 11.0. The van der Waals surface area contributed by atoms with Gasteiger partial charge in [-0.1, -0.05) is 35.3 Å². The molecule has 0 N–H and O–H groups in total. The van der Waals surface area contributed by atoms with E-state index in [0.29, 0.717) is 22.4 Å². The van der Waals surface area contributed by atoms with Gasteiger partial charge in [-0.05, 0) is 29.8 Å². The van der Waals surface area contributed by atoms with E-state index < -0.39 is 0 Å². The van der Waals surface area contributed by atoms with Crippen molar-refractivity contribution in [2.24, 2.45) is 0 Å². The van der Waals surface area contributed by atoms with Crippen molar-refractivity contribution in [3.63, 3.8) is 0 Å². The smallest absolute Gasteiger partial charge is 0.153 e. The molecule has 20 heavy (non-hydrogen) atoms. The Balaban J connectivity index is 2.23. The molecule has 100 valence electrons. The van der Waals surface area contributed by atoms with E-state index in [1.165, 1.54) is 12.1 Å². The Hall–Kier alpha value is -2.02. The highest BCUT2D eigenvalue weighted by atomic mass is 35.5. The van der Waals surface area contributed by atoms with Crippen LogP contribution in [0, 0.1) is 11.3 Å². The molecular weight excluding hydrogens is 297 g/mol. The van der Waals surface area contributed by atoms with Gasteiger partial charge in [0.1, 0.15) is 12.4 Å². The summed E-state index contributed by atoms with van der Waals surface area (Å²) < 4.78 is 5.57. The molecule has 0 amide bonds. The van der Waals surface area contributed by atoms with Crippen LogP contribution < -0.4 is 4.74 Å². The van der Waals surface area contributed by atoms with Crippen molar-refractivity contribution in [1.82, 2.24) is 0 Å². The van der Waals surface area contributed by atoms with Crippen LogP contribution >= 0.6 is 23.2 Å². The minimum atomic E-state index is 0.206. The predicted octanol–water partition coefficient (Wildman–Crippen LogP) is 4.26. The number of aldehydes is 1. The molecule has 2 aromatic carbocycles. The second-order valence-electron chi connectivity index (χ2n) is 4.02. The van der Waals surface area contributed by atoms with Crippen molar-refractivity contribution in [1.29, 1.82) is 5.26 Å². The summed E-state index contributed by atoms with van der Waals surface area (Å²) in [6, 6.07) is 12.1. The van der Waals surface area contributed by atoms with Crippen LogP contribution in [-0.4, -0.2) is 6.29 Å². The number of benzene rings is 2. The SMILES string of the molecule is N#Cc1cccc(COc2c(Cl)cc(Cl)cc2C=O)c1. The third-order valence-corrected chi connectivity index (χ3v) is 3.10. The van der Waals surface area contributed by atoms with Gasteiger partial charge < -0.3 is 4.74 Å². The largest absolute Gasteiger partial charge is 0.487 e. The third-order valence-electron chi connectivity index (χ3n) is 2.60. The third kappa shape index (κ3) is 3.30. The van der Waals surface area contributed by atoms with Crippen LogP contribution in [0.25, 0.3) is 0 Å². The molecule has 0 fully saturated rings. The highest BCUT2D eigenvalue weighted by molar-refractivity contribution is 6.36. The number of rotatable bonds is 4. The van der Waals surface area contributed by atoms with E-state index in [1.54, 1.807) is 18.2 Å². The van der Waals surface area contributed by atoms with Crippen molar-refractivity contribution in [3.05, 3.63) is 63.1 Å². The normalized spacial score (nSPS) is 9.85. The first-order valence-electron chi connectivity index (χ1n) is 5.70. The molecule has 0 spiro atoms. The molecule has 0 heterocycles. The van der Waals surface area contributed by atoms with Gasteiger partial charge in [0, 0.05) is 5.02 Å². The number of nitrogens with zero attached hydrogens (tertiary/aromatic N) is 1. The van der Waals surface area contributed by atoms with Crippen LogP contribution in [0.15, 0.2) is 36.4 Å². The first kappa shape index (κ1) is 14.4. The second kappa shape index (κ2) is 6.42. The molecule has 0 aliphatic carbocycles. The lowest BCUT2D eigenvalue weighted by molar-refractivity contribution is 0.111. The van der Waals surface area contributed by atoms with E-state index >= 15 is 0 Å². The van der Waals surface area contributed by atoms with Gasteiger partial charge in [0.15, 0.2) is 6.29 Å². The van der Waals surface area contributed by atoms with Gasteiger partial charge in [-0.2, -0.15) is 5.26 Å². The molecule has 0 aromatic heterocycles. The molecule has 0 radical (unpaired) electrons. The quantitative estimate of drug-likeness (QED) is 0.793. The summed E-state index contributed by atoms with van der Waals surface area (Å²) in [6.45, 7) is 0.206. The van der Waals surface area contributed by atoms with Crippen LogP contribution in [0.5, 0.6) is 5.75 Å². The molecule has 0 aliphatic rings. The fraction of sp³-hybridized carbons (Fsp3) is 0.0667. The lowest BCUT2D eigenvalue weighted by atomic mass is 10.1. The molecule has 0 atom stereocenters. The fourth-order valence-corrected chi connectivity index (χ4v) is 2.27. The lowest BCUT2D eigenvalue weighted by Crippen LogP contribution is -1.99. The van der Waals surface area contributed by atoms with Crippen LogP contribution in [0.4, 0.5) is 0 Å². The standard InChI is InChI=1S/C15H9Cl2NO2/c16-13-5-12(8-19)15(14(17)6-13)20-9-11-3-1-2-10(4-11)7-18/h1-6,8H,9H2. The maximum absolute atomic E-state index is 11.0. The zero-order valence-electron chi connectivity index (χ0n) is 10.3.